The van der Waals surface area contributed by atoms with E-state index in [2.05, 4.69) is 5.32 Å². The van der Waals surface area contributed by atoms with Gasteiger partial charge >= 0.3 is 5.97 Å². The number of hydrogen-bond acceptors (Lipinski definition) is 4. The molecule has 0 unspecified atom stereocenters. The first-order valence-electron chi connectivity index (χ1n) is 7.49. The zero-order valence-corrected chi connectivity index (χ0v) is 13.6. The highest BCUT2D eigenvalue weighted by molar-refractivity contribution is 5.94. The second-order valence-corrected chi connectivity index (χ2v) is 4.96. The molecule has 0 aliphatic carbocycles. The minimum Gasteiger partial charge on any atom is -0.466 e. The summed E-state index contributed by atoms with van der Waals surface area (Å²) in [5.41, 5.74) is -0.0411. The maximum atomic E-state index is 13.3. The van der Waals surface area contributed by atoms with Gasteiger partial charge in [0.05, 0.1) is 13.0 Å². The number of hydrogen-bond donors (Lipinski definition) is 1. The molecule has 0 aliphatic heterocycles. The first kappa shape index (κ1) is 19.5. The van der Waals surface area contributed by atoms with Crippen molar-refractivity contribution in [1.29, 1.82) is 0 Å². The average molecular weight is 342 g/mol. The van der Waals surface area contributed by atoms with Gasteiger partial charge < -0.3 is 15.0 Å². The quantitative estimate of drug-likeness (QED) is 0.727. The first-order valence-corrected chi connectivity index (χ1v) is 7.49. The average Bonchev–Trinajstić information content (AvgIpc) is 2.52. The van der Waals surface area contributed by atoms with Crippen LogP contribution in [-0.2, 0) is 14.3 Å². The van der Waals surface area contributed by atoms with Gasteiger partial charge in [0.15, 0.2) is 11.6 Å². The molecule has 0 atom stereocenters. The van der Waals surface area contributed by atoms with E-state index in [1.54, 1.807) is 6.92 Å². The second kappa shape index (κ2) is 9.59. The molecule has 0 bridgehead atoms. The zero-order valence-electron chi connectivity index (χ0n) is 13.6. The van der Waals surface area contributed by atoms with Crippen LogP contribution in [0, 0.1) is 11.6 Å². The number of nitrogens with zero attached hydrogens (tertiary/aromatic N) is 1. The molecule has 0 radical (unpaired) electrons. The third-order valence-corrected chi connectivity index (χ3v) is 3.10. The fourth-order valence-electron chi connectivity index (χ4n) is 1.95. The van der Waals surface area contributed by atoms with Gasteiger partial charge in [0, 0.05) is 32.1 Å². The summed E-state index contributed by atoms with van der Waals surface area (Å²) in [4.78, 5) is 36.1. The van der Waals surface area contributed by atoms with Crippen LogP contribution in [0.25, 0.3) is 0 Å². The lowest BCUT2D eigenvalue weighted by Gasteiger charge is -2.22. The largest absolute Gasteiger partial charge is 0.466 e. The SMILES string of the molecule is CCOC(=O)CCN(CCNC(C)=O)C(=O)c1ccc(F)c(F)c1. The monoisotopic (exact) mass is 342 g/mol. The number of esters is 1. The lowest BCUT2D eigenvalue weighted by atomic mass is 10.1. The molecule has 2 amide bonds. The minimum absolute atomic E-state index is 0.0379. The van der Waals surface area contributed by atoms with Gasteiger partial charge in [-0.15, -0.1) is 0 Å². The van der Waals surface area contributed by atoms with Gasteiger partial charge in [-0.05, 0) is 25.1 Å². The van der Waals surface area contributed by atoms with Crippen molar-refractivity contribution < 1.29 is 27.9 Å². The van der Waals surface area contributed by atoms with E-state index in [-0.39, 0.29) is 44.1 Å². The van der Waals surface area contributed by atoms with Crippen LogP contribution in [0.3, 0.4) is 0 Å². The Morgan fingerprint density at radius 2 is 1.88 bits per heavy atom. The molecule has 0 saturated carbocycles. The summed E-state index contributed by atoms with van der Waals surface area (Å²) >= 11 is 0. The van der Waals surface area contributed by atoms with E-state index in [9.17, 15) is 23.2 Å². The molecule has 0 aliphatic rings. The number of ether oxygens (including phenoxy) is 1. The summed E-state index contributed by atoms with van der Waals surface area (Å²) in [6.07, 6.45) is -0.0384. The highest BCUT2D eigenvalue weighted by Crippen LogP contribution is 2.11. The van der Waals surface area contributed by atoms with Crippen molar-refractivity contribution in [3.05, 3.63) is 35.4 Å². The number of carbonyl (C=O) groups is 3. The highest BCUT2D eigenvalue weighted by Gasteiger charge is 2.18. The summed E-state index contributed by atoms with van der Waals surface area (Å²) in [6.45, 7) is 3.56. The molecule has 1 rings (SSSR count). The van der Waals surface area contributed by atoms with Crippen LogP contribution in [0.2, 0.25) is 0 Å². The fourth-order valence-corrected chi connectivity index (χ4v) is 1.95. The smallest absolute Gasteiger partial charge is 0.307 e. The summed E-state index contributed by atoms with van der Waals surface area (Å²) < 4.78 is 31.1. The van der Waals surface area contributed by atoms with Crippen LogP contribution >= 0.6 is 0 Å². The molecule has 0 fully saturated rings. The molecule has 8 heteroatoms. The van der Waals surface area contributed by atoms with Gasteiger partial charge in [-0.1, -0.05) is 0 Å². The predicted octanol–water partition coefficient (Wildman–Crippen LogP) is 1.50. The van der Waals surface area contributed by atoms with Gasteiger partial charge in [-0.2, -0.15) is 0 Å². The van der Waals surface area contributed by atoms with E-state index in [0.717, 1.165) is 18.2 Å². The highest BCUT2D eigenvalue weighted by atomic mass is 19.2. The normalized spacial score (nSPS) is 10.2. The molecule has 0 saturated heterocycles. The van der Waals surface area contributed by atoms with Crippen LogP contribution in [0.1, 0.15) is 30.6 Å². The fraction of sp³-hybridized carbons (Fsp3) is 0.438. The van der Waals surface area contributed by atoms with Crippen molar-refractivity contribution in [2.75, 3.05) is 26.2 Å². The van der Waals surface area contributed by atoms with Crippen molar-refractivity contribution >= 4 is 17.8 Å². The topological polar surface area (TPSA) is 75.7 Å². The third-order valence-electron chi connectivity index (χ3n) is 3.10. The van der Waals surface area contributed by atoms with Gasteiger partial charge in [0.1, 0.15) is 0 Å². The number of nitrogens with one attached hydrogen (secondary N) is 1. The van der Waals surface area contributed by atoms with Crippen LogP contribution in [0.5, 0.6) is 0 Å². The lowest BCUT2D eigenvalue weighted by molar-refractivity contribution is -0.143. The predicted molar refractivity (Wildman–Crippen MR) is 82.2 cm³/mol. The van der Waals surface area contributed by atoms with E-state index in [4.69, 9.17) is 4.74 Å². The molecule has 1 N–H and O–H groups in total. The lowest BCUT2D eigenvalue weighted by Crippen LogP contribution is -2.39. The standard InChI is InChI=1S/C16H20F2N2O4/c1-3-24-15(22)6-8-20(9-7-19-11(2)21)16(23)12-4-5-13(17)14(18)10-12/h4-5,10H,3,6-9H2,1-2H3,(H,19,21). The molecule has 132 valence electrons. The first-order chi connectivity index (χ1) is 11.3. The van der Waals surface area contributed by atoms with Crippen molar-refractivity contribution in [3.8, 4) is 0 Å². The van der Waals surface area contributed by atoms with Gasteiger partial charge in [0.25, 0.3) is 5.91 Å². The Morgan fingerprint density at radius 3 is 2.46 bits per heavy atom. The molecule has 1 aromatic carbocycles. The summed E-state index contributed by atoms with van der Waals surface area (Å²) in [5.74, 6) is -3.49. The van der Waals surface area contributed by atoms with E-state index >= 15 is 0 Å². The zero-order chi connectivity index (χ0) is 18.1. The molecular weight excluding hydrogens is 322 g/mol. The molecule has 0 spiro atoms. The molecule has 0 heterocycles. The Bertz CT molecular complexity index is 608. The molecule has 1 aromatic rings. The van der Waals surface area contributed by atoms with E-state index in [1.165, 1.54) is 11.8 Å². The van der Waals surface area contributed by atoms with Gasteiger partial charge in [-0.3, -0.25) is 14.4 Å². The molecular formula is C16H20F2N2O4. The summed E-state index contributed by atoms with van der Waals surface area (Å²) in [5, 5.41) is 2.53. The van der Waals surface area contributed by atoms with Gasteiger partial charge in [-0.25, -0.2) is 8.78 Å². The molecule has 24 heavy (non-hydrogen) atoms. The van der Waals surface area contributed by atoms with E-state index < -0.39 is 23.5 Å². The van der Waals surface area contributed by atoms with E-state index in [1.807, 2.05) is 0 Å². The summed E-state index contributed by atoms with van der Waals surface area (Å²) in [6, 6.07) is 2.82. The Labute approximate surface area is 138 Å². The number of carbonyl (C=O) groups excluding carboxylic acids is 3. The minimum atomic E-state index is -1.13. The van der Waals surface area contributed by atoms with Crippen molar-refractivity contribution in [2.24, 2.45) is 0 Å². The number of amides is 2. The van der Waals surface area contributed by atoms with Crippen LogP contribution in [0.4, 0.5) is 8.78 Å². The number of halogens is 2. The van der Waals surface area contributed by atoms with Crippen LogP contribution in [0.15, 0.2) is 18.2 Å². The van der Waals surface area contributed by atoms with Crippen LogP contribution < -0.4 is 5.32 Å². The Balaban J connectivity index is 2.80. The Hall–Kier alpha value is -2.51. The number of benzene rings is 1. The van der Waals surface area contributed by atoms with Crippen molar-refractivity contribution in [3.63, 3.8) is 0 Å². The second-order valence-electron chi connectivity index (χ2n) is 4.96. The summed E-state index contributed by atoms with van der Waals surface area (Å²) in [7, 11) is 0. The molecule has 0 aromatic heterocycles. The van der Waals surface area contributed by atoms with Crippen LogP contribution in [-0.4, -0.2) is 48.9 Å². The Kier molecular flexibility index (Phi) is 7.81. The Morgan fingerprint density at radius 1 is 1.17 bits per heavy atom. The molecule has 6 nitrogen and oxygen atoms in total. The maximum Gasteiger partial charge on any atom is 0.307 e. The maximum absolute atomic E-state index is 13.3. The van der Waals surface area contributed by atoms with Crippen molar-refractivity contribution in [2.45, 2.75) is 20.3 Å². The van der Waals surface area contributed by atoms with E-state index in [0.29, 0.717) is 0 Å². The van der Waals surface area contributed by atoms with Gasteiger partial charge in [0.2, 0.25) is 5.91 Å². The third kappa shape index (κ3) is 6.31. The van der Waals surface area contributed by atoms with Crippen molar-refractivity contribution in [1.82, 2.24) is 10.2 Å². The number of rotatable bonds is 8.